The van der Waals surface area contributed by atoms with Gasteiger partial charge in [-0.05, 0) is 24.0 Å². The highest BCUT2D eigenvalue weighted by atomic mass is 16.2. The van der Waals surface area contributed by atoms with Crippen LogP contribution in [0.15, 0.2) is 12.4 Å². The van der Waals surface area contributed by atoms with E-state index in [2.05, 4.69) is 17.2 Å². The number of carbonyl (C=O) groups is 1. The molecular weight excluding hydrogens is 178 g/mol. The Morgan fingerprint density at radius 2 is 2.21 bits per heavy atom. The van der Waals surface area contributed by atoms with Gasteiger partial charge in [-0.25, -0.2) is 0 Å². The van der Waals surface area contributed by atoms with Gasteiger partial charge < -0.3 is 16.0 Å². The Morgan fingerprint density at radius 3 is 2.79 bits per heavy atom. The van der Waals surface area contributed by atoms with E-state index in [0.717, 1.165) is 12.0 Å². The van der Waals surface area contributed by atoms with Crippen molar-refractivity contribution in [3.05, 3.63) is 23.5 Å². The fourth-order valence-electron chi connectivity index (χ4n) is 1.46. The number of aromatic nitrogens is 1. The van der Waals surface area contributed by atoms with Gasteiger partial charge in [0.1, 0.15) is 0 Å². The largest absolute Gasteiger partial charge is 0.367 e. The number of likely N-dealkylation sites (N-methyl/N-ethyl adjacent to an activating group) is 1. The van der Waals surface area contributed by atoms with Crippen molar-refractivity contribution in [2.75, 3.05) is 7.05 Å². The highest BCUT2D eigenvalue weighted by Gasteiger charge is 2.14. The van der Waals surface area contributed by atoms with Crippen molar-refractivity contribution >= 4 is 5.91 Å². The number of nitrogens with one attached hydrogen (secondary N) is 2. The lowest BCUT2D eigenvalue weighted by Crippen LogP contribution is -2.40. The summed E-state index contributed by atoms with van der Waals surface area (Å²) in [6.45, 7) is 2.08. The number of aromatic amines is 1. The van der Waals surface area contributed by atoms with E-state index in [4.69, 9.17) is 5.73 Å². The fourth-order valence-corrected chi connectivity index (χ4v) is 1.46. The molecule has 1 heterocycles. The molecule has 0 aromatic carbocycles. The molecular formula is C10H17N3O. The van der Waals surface area contributed by atoms with Gasteiger partial charge in [-0.3, -0.25) is 4.79 Å². The molecule has 0 aliphatic carbocycles. The molecule has 0 unspecified atom stereocenters. The summed E-state index contributed by atoms with van der Waals surface area (Å²) in [6, 6.07) is -0.457. The van der Waals surface area contributed by atoms with E-state index < -0.39 is 6.04 Å². The number of H-pyrrole nitrogens is 1. The summed E-state index contributed by atoms with van der Waals surface area (Å²) in [7, 11) is 1.60. The van der Waals surface area contributed by atoms with Crippen LogP contribution in [0.5, 0.6) is 0 Å². The molecule has 4 N–H and O–H groups in total. The van der Waals surface area contributed by atoms with Crippen molar-refractivity contribution in [3.63, 3.8) is 0 Å². The van der Waals surface area contributed by atoms with E-state index in [9.17, 15) is 4.79 Å². The van der Waals surface area contributed by atoms with Crippen molar-refractivity contribution in [1.29, 1.82) is 0 Å². The standard InChI is InChI=1S/C10H17N3O/c1-3-7-5-13-6-8(7)4-9(11)10(14)12-2/h5-6,9,13H,3-4,11H2,1-2H3,(H,12,14)/t9-/m0/s1. The van der Waals surface area contributed by atoms with Crippen LogP contribution in [0.4, 0.5) is 0 Å². The minimum atomic E-state index is -0.457. The van der Waals surface area contributed by atoms with Crippen LogP contribution < -0.4 is 11.1 Å². The quantitative estimate of drug-likeness (QED) is 0.642. The first-order valence-electron chi connectivity index (χ1n) is 4.80. The lowest BCUT2D eigenvalue weighted by Gasteiger charge is -2.09. The maximum absolute atomic E-state index is 11.2. The molecule has 1 amide bonds. The predicted molar refractivity (Wildman–Crippen MR) is 55.9 cm³/mol. The van der Waals surface area contributed by atoms with Crippen LogP contribution in [0.25, 0.3) is 0 Å². The molecule has 1 aromatic heterocycles. The number of amides is 1. The lowest BCUT2D eigenvalue weighted by molar-refractivity contribution is -0.121. The second-order valence-electron chi connectivity index (χ2n) is 3.28. The zero-order chi connectivity index (χ0) is 10.6. The summed E-state index contributed by atoms with van der Waals surface area (Å²) in [5.41, 5.74) is 8.07. The molecule has 1 aromatic rings. The third kappa shape index (κ3) is 2.35. The van der Waals surface area contributed by atoms with Crippen molar-refractivity contribution in [1.82, 2.24) is 10.3 Å². The van der Waals surface area contributed by atoms with Gasteiger partial charge in [0, 0.05) is 19.4 Å². The lowest BCUT2D eigenvalue weighted by atomic mass is 10.0. The minimum Gasteiger partial charge on any atom is -0.367 e. The Morgan fingerprint density at radius 1 is 1.57 bits per heavy atom. The molecule has 0 bridgehead atoms. The first-order chi connectivity index (χ1) is 6.69. The Labute approximate surface area is 83.9 Å². The summed E-state index contributed by atoms with van der Waals surface area (Å²) in [5, 5.41) is 2.54. The van der Waals surface area contributed by atoms with Crippen LogP contribution in [0, 0.1) is 0 Å². The molecule has 0 radical (unpaired) electrons. The van der Waals surface area contributed by atoms with Gasteiger partial charge in [-0.15, -0.1) is 0 Å². The van der Waals surface area contributed by atoms with Crippen molar-refractivity contribution in [2.24, 2.45) is 5.73 Å². The molecule has 0 spiro atoms. The Kier molecular flexibility index (Phi) is 3.71. The number of hydrogen-bond acceptors (Lipinski definition) is 2. The van der Waals surface area contributed by atoms with Crippen molar-refractivity contribution in [3.8, 4) is 0 Å². The SMILES string of the molecule is CCc1c[nH]cc1C[C@H](N)C(=O)NC. The van der Waals surface area contributed by atoms with E-state index in [1.54, 1.807) is 7.05 Å². The van der Waals surface area contributed by atoms with E-state index in [0.29, 0.717) is 6.42 Å². The fraction of sp³-hybridized carbons (Fsp3) is 0.500. The second-order valence-corrected chi connectivity index (χ2v) is 3.28. The Balaban J connectivity index is 2.64. The molecule has 1 atom stereocenters. The Hall–Kier alpha value is -1.29. The van der Waals surface area contributed by atoms with Crippen LogP contribution in [0.2, 0.25) is 0 Å². The predicted octanol–water partition coefficient (Wildman–Crippen LogP) is 0.193. The van der Waals surface area contributed by atoms with Crippen LogP contribution in [0.3, 0.4) is 0 Å². The van der Waals surface area contributed by atoms with Gasteiger partial charge >= 0.3 is 0 Å². The number of carbonyl (C=O) groups excluding carboxylic acids is 1. The topological polar surface area (TPSA) is 70.9 Å². The van der Waals surface area contributed by atoms with Gasteiger partial charge in [0.25, 0.3) is 0 Å². The zero-order valence-electron chi connectivity index (χ0n) is 8.63. The molecule has 1 rings (SSSR count). The number of nitrogens with two attached hydrogens (primary N) is 1. The van der Waals surface area contributed by atoms with Crippen LogP contribution >= 0.6 is 0 Å². The maximum atomic E-state index is 11.2. The summed E-state index contributed by atoms with van der Waals surface area (Å²) < 4.78 is 0. The molecule has 0 aliphatic rings. The highest BCUT2D eigenvalue weighted by molar-refractivity contribution is 5.81. The first-order valence-corrected chi connectivity index (χ1v) is 4.80. The van der Waals surface area contributed by atoms with Gasteiger partial charge in [-0.2, -0.15) is 0 Å². The molecule has 14 heavy (non-hydrogen) atoms. The molecule has 0 aliphatic heterocycles. The average molecular weight is 195 g/mol. The second kappa shape index (κ2) is 4.81. The summed E-state index contributed by atoms with van der Waals surface area (Å²) >= 11 is 0. The average Bonchev–Trinajstić information content (AvgIpc) is 2.63. The number of aryl methyl sites for hydroxylation is 1. The highest BCUT2D eigenvalue weighted by Crippen LogP contribution is 2.10. The van der Waals surface area contributed by atoms with Crippen LogP contribution in [0.1, 0.15) is 18.1 Å². The summed E-state index contributed by atoms with van der Waals surface area (Å²) in [5.74, 6) is -0.117. The third-order valence-electron chi connectivity index (χ3n) is 2.33. The molecule has 4 heteroatoms. The molecule has 4 nitrogen and oxygen atoms in total. The summed E-state index contributed by atoms with van der Waals surface area (Å²) in [4.78, 5) is 14.2. The molecule has 78 valence electrons. The first kappa shape index (κ1) is 10.8. The van der Waals surface area contributed by atoms with E-state index in [-0.39, 0.29) is 5.91 Å². The zero-order valence-corrected chi connectivity index (χ0v) is 8.63. The third-order valence-corrected chi connectivity index (χ3v) is 2.33. The van der Waals surface area contributed by atoms with Crippen molar-refractivity contribution in [2.45, 2.75) is 25.8 Å². The monoisotopic (exact) mass is 195 g/mol. The Bertz CT molecular complexity index is 306. The van der Waals surface area contributed by atoms with E-state index in [1.165, 1.54) is 5.56 Å². The van der Waals surface area contributed by atoms with Gasteiger partial charge in [0.2, 0.25) is 5.91 Å². The smallest absolute Gasteiger partial charge is 0.237 e. The normalized spacial score (nSPS) is 12.5. The van der Waals surface area contributed by atoms with Gasteiger partial charge in [0.05, 0.1) is 6.04 Å². The molecule has 0 fully saturated rings. The van der Waals surface area contributed by atoms with E-state index >= 15 is 0 Å². The number of rotatable bonds is 4. The van der Waals surface area contributed by atoms with Crippen LogP contribution in [-0.4, -0.2) is 24.0 Å². The molecule has 0 saturated carbocycles. The van der Waals surface area contributed by atoms with Crippen LogP contribution in [-0.2, 0) is 17.6 Å². The molecule has 0 saturated heterocycles. The maximum Gasteiger partial charge on any atom is 0.237 e. The summed E-state index contributed by atoms with van der Waals surface area (Å²) in [6.07, 6.45) is 5.40. The van der Waals surface area contributed by atoms with Gasteiger partial charge in [-0.1, -0.05) is 6.92 Å². The van der Waals surface area contributed by atoms with Gasteiger partial charge in [0.15, 0.2) is 0 Å². The minimum absolute atomic E-state index is 0.117. The van der Waals surface area contributed by atoms with Crippen molar-refractivity contribution < 1.29 is 4.79 Å². The van der Waals surface area contributed by atoms with E-state index in [1.807, 2.05) is 12.4 Å². The number of hydrogen-bond donors (Lipinski definition) is 3.